The Morgan fingerprint density at radius 2 is 1.90 bits per heavy atom. The van der Waals surface area contributed by atoms with Crippen LogP contribution in [0.2, 0.25) is 0 Å². The highest BCUT2D eigenvalue weighted by molar-refractivity contribution is 6.33. The molecule has 0 unspecified atom stereocenters. The SMILES string of the molecule is O[SiH2]C=Cc1ccccc1. The summed E-state index contributed by atoms with van der Waals surface area (Å²) < 4.78 is 0. The molecule has 52 valence electrons. The zero-order chi connectivity index (χ0) is 7.23. The summed E-state index contributed by atoms with van der Waals surface area (Å²) >= 11 is 0. The van der Waals surface area contributed by atoms with Crippen molar-refractivity contribution in [1.29, 1.82) is 0 Å². The summed E-state index contributed by atoms with van der Waals surface area (Å²) in [4.78, 5) is 8.58. The molecule has 0 saturated heterocycles. The van der Waals surface area contributed by atoms with E-state index < -0.39 is 9.76 Å². The maximum atomic E-state index is 8.58. The molecule has 1 rings (SSSR count). The lowest BCUT2D eigenvalue weighted by Crippen LogP contribution is -1.77. The lowest BCUT2D eigenvalue weighted by atomic mass is 10.2. The van der Waals surface area contributed by atoms with E-state index in [1.807, 2.05) is 42.1 Å². The lowest BCUT2D eigenvalue weighted by Gasteiger charge is -1.88. The topological polar surface area (TPSA) is 20.2 Å². The van der Waals surface area contributed by atoms with Gasteiger partial charge in [-0.15, -0.1) is 0 Å². The summed E-state index contributed by atoms with van der Waals surface area (Å²) in [6.45, 7) is 0. The van der Waals surface area contributed by atoms with E-state index in [-0.39, 0.29) is 0 Å². The summed E-state index contributed by atoms with van der Waals surface area (Å²) in [5.74, 6) is 0. The molecule has 0 aliphatic rings. The molecular formula is C8H10OSi. The van der Waals surface area contributed by atoms with Crippen LogP contribution in [0.4, 0.5) is 0 Å². The fraction of sp³-hybridized carbons (Fsp3) is 0. The monoisotopic (exact) mass is 150 g/mol. The number of rotatable bonds is 2. The highest BCUT2D eigenvalue weighted by Crippen LogP contribution is 1.99. The van der Waals surface area contributed by atoms with E-state index in [4.69, 9.17) is 4.80 Å². The third-order valence-electron chi connectivity index (χ3n) is 1.22. The van der Waals surface area contributed by atoms with Gasteiger partial charge in [0, 0.05) is 0 Å². The van der Waals surface area contributed by atoms with Crippen LogP contribution in [0.3, 0.4) is 0 Å². The van der Waals surface area contributed by atoms with Crippen LogP contribution in [0.25, 0.3) is 6.08 Å². The number of benzene rings is 1. The second-order valence-electron chi connectivity index (χ2n) is 2.00. The van der Waals surface area contributed by atoms with E-state index >= 15 is 0 Å². The van der Waals surface area contributed by atoms with Crippen LogP contribution in [0.1, 0.15) is 5.56 Å². The molecule has 0 aliphatic heterocycles. The van der Waals surface area contributed by atoms with Crippen LogP contribution in [0.15, 0.2) is 36.0 Å². The molecule has 1 nitrogen and oxygen atoms in total. The normalized spacial score (nSPS) is 11.7. The van der Waals surface area contributed by atoms with Crippen LogP contribution in [0.5, 0.6) is 0 Å². The molecule has 0 aromatic heterocycles. The molecule has 0 bridgehead atoms. The van der Waals surface area contributed by atoms with Gasteiger partial charge in [0.2, 0.25) is 0 Å². The van der Waals surface area contributed by atoms with Crippen molar-refractivity contribution in [1.82, 2.24) is 0 Å². The van der Waals surface area contributed by atoms with Crippen LogP contribution in [-0.4, -0.2) is 14.6 Å². The average Bonchev–Trinajstić information content (AvgIpc) is 2.03. The van der Waals surface area contributed by atoms with Crippen molar-refractivity contribution in [2.45, 2.75) is 0 Å². The minimum atomic E-state index is -0.910. The molecule has 0 atom stereocenters. The molecule has 0 heterocycles. The maximum Gasteiger partial charge on any atom is 0.180 e. The Morgan fingerprint density at radius 1 is 1.20 bits per heavy atom. The van der Waals surface area contributed by atoms with Crippen molar-refractivity contribution < 1.29 is 4.80 Å². The summed E-state index contributed by atoms with van der Waals surface area (Å²) in [6.07, 6.45) is 1.95. The highest BCUT2D eigenvalue weighted by atomic mass is 28.2. The zero-order valence-corrected chi connectivity index (χ0v) is 7.11. The van der Waals surface area contributed by atoms with Gasteiger partial charge in [-0.05, 0) is 5.56 Å². The van der Waals surface area contributed by atoms with E-state index in [1.165, 1.54) is 0 Å². The summed E-state index contributed by atoms with van der Waals surface area (Å²) in [5.41, 5.74) is 3.01. The fourth-order valence-corrected chi connectivity index (χ4v) is 1.13. The largest absolute Gasteiger partial charge is 0.434 e. The third kappa shape index (κ3) is 2.17. The van der Waals surface area contributed by atoms with Crippen molar-refractivity contribution in [3.8, 4) is 0 Å². The second-order valence-corrected chi connectivity index (χ2v) is 2.83. The standard InChI is InChI=1S/C8H10OSi/c9-10-7-6-8-4-2-1-3-5-8/h1-7,9H,10H2. The molecule has 1 aromatic carbocycles. The molecule has 0 radical (unpaired) electrons. The van der Waals surface area contributed by atoms with Crippen molar-refractivity contribution >= 4 is 15.8 Å². The average molecular weight is 150 g/mol. The fourth-order valence-electron chi connectivity index (χ4n) is 0.753. The van der Waals surface area contributed by atoms with Gasteiger partial charge in [-0.3, -0.25) is 0 Å². The van der Waals surface area contributed by atoms with Gasteiger partial charge in [-0.2, -0.15) is 0 Å². The Bertz CT molecular complexity index is 206. The van der Waals surface area contributed by atoms with Crippen LogP contribution < -0.4 is 0 Å². The Kier molecular flexibility index (Phi) is 2.92. The molecule has 0 fully saturated rings. The minimum absolute atomic E-state index is 0.910. The molecule has 0 aliphatic carbocycles. The van der Waals surface area contributed by atoms with E-state index in [0.717, 1.165) is 5.56 Å². The van der Waals surface area contributed by atoms with Crippen LogP contribution >= 0.6 is 0 Å². The Morgan fingerprint density at radius 3 is 2.50 bits per heavy atom. The third-order valence-corrected chi connectivity index (χ3v) is 1.66. The molecule has 2 heteroatoms. The van der Waals surface area contributed by atoms with Gasteiger partial charge < -0.3 is 4.80 Å². The van der Waals surface area contributed by atoms with E-state index in [2.05, 4.69) is 0 Å². The molecule has 10 heavy (non-hydrogen) atoms. The van der Waals surface area contributed by atoms with Gasteiger partial charge >= 0.3 is 0 Å². The van der Waals surface area contributed by atoms with Crippen molar-refractivity contribution in [2.24, 2.45) is 0 Å². The predicted molar refractivity (Wildman–Crippen MR) is 46.2 cm³/mol. The van der Waals surface area contributed by atoms with E-state index in [0.29, 0.717) is 0 Å². The Labute approximate surface area is 63.0 Å². The predicted octanol–water partition coefficient (Wildman–Crippen LogP) is 0.733. The summed E-state index contributed by atoms with van der Waals surface area (Å²) in [6, 6.07) is 9.98. The molecule has 1 N–H and O–H groups in total. The van der Waals surface area contributed by atoms with Crippen LogP contribution in [0, 0.1) is 0 Å². The van der Waals surface area contributed by atoms with Crippen molar-refractivity contribution in [2.75, 3.05) is 0 Å². The molecule has 0 amide bonds. The zero-order valence-electron chi connectivity index (χ0n) is 5.70. The number of hydrogen-bond donors (Lipinski definition) is 1. The van der Waals surface area contributed by atoms with Gasteiger partial charge in [0.1, 0.15) is 0 Å². The van der Waals surface area contributed by atoms with Crippen molar-refractivity contribution in [3.63, 3.8) is 0 Å². The van der Waals surface area contributed by atoms with Crippen molar-refractivity contribution in [3.05, 3.63) is 41.6 Å². The molecule has 1 aromatic rings. The van der Waals surface area contributed by atoms with Gasteiger partial charge in [-0.1, -0.05) is 42.1 Å². The molecule has 0 spiro atoms. The van der Waals surface area contributed by atoms with E-state index in [1.54, 1.807) is 0 Å². The first-order chi connectivity index (χ1) is 4.93. The Hall–Kier alpha value is -0.863. The van der Waals surface area contributed by atoms with E-state index in [9.17, 15) is 0 Å². The first-order valence-electron chi connectivity index (χ1n) is 3.26. The Balaban J connectivity index is 2.67. The quantitative estimate of drug-likeness (QED) is 0.616. The van der Waals surface area contributed by atoms with Gasteiger partial charge in [0.05, 0.1) is 0 Å². The number of hydrogen-bond acceptors (Lipinski definition) is 1. The molecule has 0 saturated carbocycles. The van der Waals surface area contributed by atoms with Gasteiger partial charge in [0.15, 0.2) is 9.76 Å². The maximum absolute atomic E-state index is 8.58. The summed E-state index contributed by atoms with van der Waals surface area (Å²) in [7, 11) is -0.910. The smallest absolute Gasteiger partial charge is 0.180 e. The first-order valence-corrected chi connectivity index (χ1v) is 4.71. The first kappa shape index (κ1) is 7.25. The lowest BCUT2D eigenvalue weighted by molar-refractivity contribution is 0.615. The minimum Gasteiger partial charge on any atom is -0.434 e. The second kappa shape index (κ2) is 4.03. The van der Waals surface area contributed by atoms with Crippen LogP contribution in [-0.2, 0) is 0 Å². The van der Waals surface area contributed by atoms with Gasteiger partial charge in [-0.25, -0.2) is 0 Å². The summed E-state index contributed by atoms with van der Waals surface area (Å²) in [5, 5.41) is 0. The van der Waals surface area contributed by atoms with Gasteiger partial charge in [0.25, 0.3) is 0 Å². The molecular weight excluding hydrogens is 140 g/mol. The highest BCUT2D eigenvalue weighted by Gasteiger charge is 1.79.